The van der Waals surface area contributed by atoms with Crippen LogP contribution >= 0.6 is 0 Å². The number of anilines is 1. The van der Waals surface area contributed by atoms with Crippen LogP contribution in [-0.2, 0) is 11.2 Å². The molecule has 1 aromatic heterocycles. The van der Waals surface area contributed by atoms with Crippen molar-refractivity contribution in [2.75, 3.05) is 12.4 Å². The molecule has 0 aliphatic heterocycles. The van der Waals surface area contributed by atoms with Crippen molar-refractivity contribution < 1.29 is 24.2 Å². The van der Waals surface area contributed by atoms with E-state index >= 15 is 0 Å². The van der Waals surface area contributed by atoms with Crippen LogP contribution in [0.1, 0.15) is 37.4 Å². The molecule has 0 aliphatic carbocycles. The Morgan fingerprint density at radius 2 is 1.74 bits per heavy atom. The van der Waals surface area contributed by atoms with Crippen LogP contribution in [0.3, 0.4) is 0 Å². The quantitative estimate of drug-likeness (QED) is 0.398. The van der Waals surface area contributed by atoms with Crippen LogP contribution in [0.4, 0.5) is 5.82 Å². The third-order valence-corrected chi connectivity index (χ3v) is 5.21. The van der Waals surface area contributed by atoms with Crippen LogP contribution in [0.15, 0.2) is 53.5 Å². The first-order valence-electron chi connectivity index (χ1n) is 10.3. The van der Waals surface area contributed by atoms with Gasteiger partial charge in [0.05, 0.1) is 12.7 Å². The van der Waals surface area contributed by atoms with Crippen molar-refractivity contribution in [3.8, 4) is 5.75 Å². The lowest BCUT2D eigenvalue weighted by atomic mass is 10.0. The molecule has 3 rings (SSSR count). The summed E-state index contributed by atoms with van der Waals surface area (Å²) in [5, 5.41) is 14.8. The minimum atomic E-state index is -1.37. The van der Waals surface area contributed by atoms with Gasteiger partial charge in [-0.15, -0.1) is 0 Å². The number of nitrogens with zero attached hydrogens (tertiary/aromatic N) is 1. The maximum atomic E-state index is 12.9. The van der Waals surface area contributed by atoms with Crippen molar-refractivity contribution in [1.82, 2.24) is 15.3 Å². The average Bonchev–Trinajstić information content (AvgIpc) is 2.79. The van der Waals surface area contributed by atoms with E-state index in [0.717, 1.165) is 11.1 Å². The van der Waals surface area contributed by atoms with Crippen molar-refractivity contribution in [2.45, 2.75) is 26.3 Å². The van der Waals surface area contributed by atoms with Gasteiger partial charge < -0.3 is 25.5 Å². The Labute approximate surface area is 195 Å². The number of hydrogen-bond donors (Lipinski definition) is 4. The molecule has 10 heteroatoms. The van der Waals surface area contributed by atoms with Gasteiger partial charge in [-0.25, -0.2) is 9.59 Å². The van der Waals surface area contributed by atoms with Gasteiger partial charge in [0.2, 0.25) is 0 Å². The summed E-state index contributed by atoms with van der Waals surface area (Å²) in [4.78, 5) is 55.5. The Kier molecular flexibility index (Phi) is 7.42. The number of carbonyl (C=O) groups excluding carboxylic acids is 2. The van der Waals surface area contributed by atoms with Crippen LogP contribution in [0.2, 0.25) is 0 Å². The maximum absolute atomic E-state index is 12.9. The molecule has 1 atom stereocenters. The summed E-state index contributed by atoms with van der Waals surface area (Å²) in [6.45, 7) is 3.56. The Bertz CT molecular complexity index is 1280. The first kappa shape index (κ1) is 24.2. The van der Waals surface area contributed by atoms with E-state index in [1.807, 2.05) is 6.07 Å². The minimum Gasteiger partial charge on any atom is -0.496 e. The number of aryl methyl sites for hydroxylation is 2. The predicted molar refractivity (Wildman–Crippen MR) is 124 cm³/mol. The highest BCUT2D eigenvalue weighted by Crippen LogP contribution is 2.19. The molecule has 2 amide bonds. The van der Waals surface area contributed by atoms with Crippen molar-refractivity contribution in [1.29, 1.82) is 0 Å². The number of benzene rings is 2. The number of hydrogen-bond acceptors (Lipinski definition) is 6. The summed E-state index contributed by atoms with van der Waals surface area (Å²) in [5.41, 5.74) is 1.57. The summed E-state index contributed by atoms with van der Waals surface area (Å²) < 4.78 is 5.16. The van der Waals surface area contributed by atoms with E-state index in [-0.39, 0.29) is 29.1 Å². The number of aromatic amines is 1. The summed E-state index contributed by atoms with van der Waals surface area (Å²) in [6.07, 6.45) is 1.02. The molecular formula is C24H24N4O6. The summed E-state index contributed by atoms with van der Waals surface area (Å²) >= 11 is 0. The van der Waals surface area contributed by atoms with E-state index in [4.69, 9.17) is 4.74 Å². The molecule has 0 radical (unpaired) electrons. The molecule has 0 spiro atoms. The first-order chi connectivity index (χ1) is 16.2. The van der Waals surface area contributed by atoms with Gasteiger partial charge in [-0.1, -0.05) is 30.3 Å². The highest BCUT2D eigenvalue weighted by molar-refractivity contribution is 6.06. The number of para-hydroxylation sites is 1. The van der Waals surface area contributed by atoms with Gasteiger partial charge in [-0.05, 0) is 37.1 Å². The number of carbonyl (C=O) groups is 3. The molecule has 1 heterocycles. The standard InChI is InChI=1S/C24H24N4O6/c1-13-7-6-8-14(2)19(13)22(30)27-20-15(12-25-24(33)28-20)11-17(23(31)32)26-21(29)16-9-4-5-10-18(16)34-3/h4-10,12,17H,11H2,1-3H3,(H,26,29)(H,31,32)(H2,25,27,28,30,33). The third kappa shape index (κ3) is 5.47. The van der Waals surface area contributed by atoms with Gasteiger partial charge >= 0.3 is 11.7 Å². The second kappa shape index (κ2) is 10.4. The van der Waals surface area contributed by atoms with Gasteiger partial charge in [0.1, 0.15) is 17.6 Å². The van der Waals surface area contributed by atoms with Crippen LogP contribution in [0, 0.1) is 13.8 Å². The van der Waals surface area contributed by atoms with Gasteiger partial charge in [-0.3, -0.25) is 9.59 Å². The van der Waals surface area contributed by atoms with Crippen LogP contribution in [0.25, 0.3) is 0 Å². The number of aromatic nitrogens is 2. The van der Waals surface area contributed by atoms with Crippen molar-refractivity contribution in [3.63, 3.8) is 0 Å². The highest BCUT2D eigenvalue weighted by atomic mass is 16.5. The molecule has 2 aromatic carbocycles. The number of methoxy groups -OCH3 is 1. The lowest BCUT2D eigenvalue weighted by Gasteiger charge is -2.17. The largest absolute Gasteiger partial charge is 0.496 e. The monoisotopic (exact) mass is 464 g/mol. The topological polar surface area (TPSA) is 150 Å². The fourth-order valence-electron chi connectivity index (χ4n) is 3.52. The number of ether oxygens (including phenoxy) is 1. The molecule has 0 aliphatic rings. The van der Waals surface area contributed by atoms with Crippen LogP contribution in [0.5, 0.6) is 5.75 Å². The zero-order chi connectivity index (χ0) is 24.8. The number of carboxylic acid groups (broad SMARTS) is 1. The molecule has 0 saturated heterocycles. The lowest BCUT2D eigenvalue weighted by molar-refractivity contribution is -0.139. The summed E-state index contributed by atoms with van der Waals surface area (Å²) in [5.74, 6) is -2.24. The molecule has 4 N–H and O–H groups in total. The highest BCUT2D eigenvalue weighted by Gasteiger charge is 2.25. The fourth-order valence-corrected chi connectivity index (χ4v) is 3.52. The van der Waals surface area contributed by atoms with Gasteiger partial charge in [0.25, 0.3) is 11.8 Å². The molecule has 34 heavy (non-hydrogen) atoms. The minimum absolute atomic E-state index is 0.0887. The molecular weight excluding hydrogens is 440 g/mol. The maximum Gasteiger partial charge on any atom is 0.346 e. The van der Waals surface area contributed by atoms with E-state index in [9.17, 15) is 24.3 Å². The second-order valence-corrected chi connectivity index (χ2v) is 7.57. The Morgan fingerprint density at radius 1 is 1.06 bits per heavy atom. The third-order valence-electron chi connectivity index (χ3n) is 5.21. The SMILES string of the molecule is COc1ccccc1C(=O)NC(Cc1c[nH]c(=O)nc1NC(=O)c1c(C)cccc1C)C(=O)O. The van der Waals surface area contributed by atoms with E-state index in [0.29, 0.717) is 5.56 Å². The smallest absolute Gasteiger partial charge is 0.346 e. The van der Waals surface area contributed by atoms with Crippen molar-refractivity contribution >= 4 is 23.6 Å². The predicted octanol–water partition coefficient (Wildman–Crippen LogP) is 2.07. The Hall–Kier alpha value is -4.47. The van der Waals surface area contributed by atoms with Crippen molar-refractivity contribution in [3.05, 3.63) is 87.0 Å². The van der Waals surface area contributed by atoms with Gasteiger partial charge in [0.15, 0.2) is 0 Å². The molecule has 3 aromatic rings. The van der Waals surface area contributed by atoms with E-state index in [2.05, 4.69) is 20.6 Å². The number of amides is 2. The average molecular weight is 464 g/mol. The number of nitrogens with one attached hydrogen (secondary N) is 3. The number of rotatable bonds is 8. The van der Waals surface area contributed by atoms with E-state index in [1.165, 1.54) is 19.4 Å². The number of carboxylic acids is 1. The Morgan fingerprint density at radius 3 is 2.38 bits per heavy atom. The van der Waals surface area contributed by atoms with Gasteiger partial charge in [-0.2, -0.15) is 4.98 Å². The van der Waals surface area contributed by atoms with Crippen LogP contribution < -0.4 is 21.1 Å². The van der Waals surface area contributed by atoms with E-state index in [1.54, 1.807) is 44.2 Å². The Balaban J connectivity index is 1.87. The molecule has 1 unspecified atom stereocenters. The number of aliphatic carboxylic acids is 1. The normalized spacial score (nSPS) is 11.4. The molecule has 0 bridgehead atoms. The first-order valence-corrected chi connectivity index (χ1v) is 10.3. The van der Waals surface area contributed by atoms with Gasteiger partial charge in [0, 0.05) is 23.7 Å². The number of H-pyrrole nitrogens is 1. The fraction of sp³-hybridized carbons (Fsp3) is 0.208. The lowest BCUT2D eigenvalue weighted by Crippen LogP contribution is -2.42. The summed E-state index contributed by atoms with van der Waals surface area (Å²) in [7, 11) is 1.40. The van der Waals surface area contributed by atoms with E-state index < -0.39 is 29.5 Å². The zero-order valence-electron chi connectivity index (χ0n) is 18.8. The molecule has 176 valence electrons. The zero-order valence-corrected chi connectivity index (χ0v) is 18.8. The summed E-state index contributed by atoms with van der Waals surface area (Å²) in [6, 6.07) is 10.4. The van der Waals surface area contributed by atoms with Crippen LogP contribution in [-0.4, -0.2) is 46.0 Å². The molecule has 10 nitrogen and oxygen atoms in total. The second-order valence-electron chi connectivity index (χ2n) is 7.57. The van der Waals surface area contributed by atoms with Crippen molar-refractivity contribution in [2.24, 2.45) is 0 Å². The molecule has 0 saturated carbocycles. The molecule has 0 fully saturated rings.